The van der Waals surface area contributed by atoms with Gasteiger partial charge in [-0.2, -0.15) is 0 Å². The third kappa shape index (κ3) is 2.50. The second-order valence-corrected chi connectivity index (χ2v) is 4.31. The molecule has 0 bridgehead atoms. The van der Waals surface area contributed by atoms with Gasteiger partial charge >= 0.3 is 0 Å². The van der Waals surface area contributed by atoms with Crippen LogP contribution in [0.25, 0.3) is 0 Å². The van der Waals surface area contributed by atoms with Crippen molar-refractivity contribution in [3.63, 3.8) is 0 Å². The average molecular weight is 227 g/mol. The van der Waals surface area contributed by atoms with E-state index >= 15 is 0 Å². The van der Waals surface area contributed by atoms with Crippen LogP contribution in [0.2, 0.25) is 0 Å². The van der Waals surface area contributed by atoms with Gasteiger partial charge in [0.05, 0.1) is 0 Å². The summed E-state index contributed by atoms with van der Waals surface area (Å²) in [6.45, 7) is 1.89. The summed E-state index contributed by atoms with van der Waals surface area (Å²) in [5, 5.41) is 12.8. The molecule has 0 radical (unpaired) electrons. The van der Waals surface area contributed by atoms with Gasteiger partial charge in [0.1, 0.15) is 5.75 Å². The Morgan fingerprint density at radius 3 is 2.75 bits per heavy atom. The lowest BCUT2D eigenvalue weighted by molar-refractivity contribution is 0.367. The summed E-state index contributed by atoms with van der Waals surface area (Å²) in [7, 11) is 0. The van der Waals surface area contributed by atoms with Gasteiger partial charge in [-0.3, -0.25) is 0 Å². The van der Waals surface area contributed by atoms with Crippen LogP contribution in [0.1, 0.15) is 18.4 Å². The number of benzene rings is 1. The summed E-state index contributed by atoms with van der Waals surface area (Å²) in [6, 6.07) is 1.94. The molecule has 0 aliphatic carbocycles. The smallest absolute Gasteiger partial charge is 0.162 e. The molecule has 4 heteroatoms. The summed E-state index contributed by atoms with van der Waals surface area (Å²) in [5.41, 5.74) is 0.493. The number of halogens is 2. The Kier molecular flexibility index (Phi) is 3.39. The van der Waals surface area contributed by atoms with Crippen molar-refractivity contribution in [1.29, 1.82) is 0 Å². The minimum Gasteiger partial charge on any atom is -0.508 e. The first-order valence-corrected chi connectivity index (χ1v) is 5.54. The Balaban J connectivity index is 2.11. The number of phenolic OH excluding ortho intramolecular Hbond substituents is 1. The molecule has 1 unspecified atom stereocenters. The summed E-state index contributed by atoms with van der Waals surface area (Å²) < 4.78 is 25.8. The predicted octanol–water partition coefficient (Wildman–Crippen LogP) is 2.21. The minimum absolute atomic E-state index is 0.149. The zero-order chi connectivity index (χ0) is 11.5. The van der Waals surface area contributed by atoms with E-state index in [-0.39, 0.29) is 5.75 Å². The van der Waals surface area contributed by atoms with E-state index in [1.165, 1.54) is 0 Å². The van der Waals surface area contributed by atoms with Gasteiger partial charge in [0.15, 0.2) is 11.6 Å². The van der Waals surface area contributed by atoms with E-state index in [0.717, 1.165) is 38.1 Å². The fraction of sp³-hybridized carbons (Fsp3) is 0.500. The first-order chi connectivity index (χ1) is 7.66. The van der Waals surface area contributed by atoms with Crippen molar-refractivity contribution in [2.24, 2.45) is 5.92 Å². The van der Waals surface area contributed by atoms with Gasteiger partial charge in [-0.1, -0.05) is 0 Å². The molecular formula is C12H15F2NO. The van der Waals surface area contributed by atoms with Gasteiger partial charge in [0.2, 0.25) is 0 Å². The van der Waals surface area contributed by atoms with Gasteiger partial charge in [-0.25, -0.2) is 8.78 Å². The molecule has 2 rings (SSSR count). The fourth-order valence-electron chi connectivity index (χ4n) is 2.15. The van der Waals surface area contributed by atoms with Crippen LogP contribution in [0.15, 0.2) is 12.1 Å². The summed E-state index contributed by atoms with van der Waals surface area (Å²) in [4.78, 5) is 0. The standard InChI is InChI=1S/C12H15F2NO/c13-10-5-9(12(16)6-11(10)14)4-8-2-1-3-15-7-8/h5-6,8,15-16H,1-4,7H2. The number of phenols is 1. The molecule has 1 aliphatic heterocycles. The Morgan fingerprint density at radius 1 is 1.31 bits per heavy atom. The van der Waals surface area contributed by atoms with Crippen LogP contribution >= 0.6 is 0 Å². The molecule has 1 aliphatic rings. The van der Waals surface area contributed by atoms with Gasteiger partial charge in [-0.15, -0.1) is 0 Å². The monoisotopic (exact) mass is 227 g/mol. The Labute approximate surface area is 93.3 Å². The molecule has 16 heavy (non-hydrogen) atoms. The first-order valence-electron chi connectivity index (χ1n) is 5.54. The molecule has 1 aromatic carbocycles. The highest BCUT2D eigenvalue weighted by molar-refractivity contribution is 5.33. The van der Waals surface area contributed by atoms with Gasteiger partial charge < -0.3 is 10.4 Å². The molecule has 2 N–H and O–H groups in total. The predicted molar refractivity (Wildman–Crippen MR) is 57.3 cm³/mol. The van der Waals surface area contributed by atoms with Crippen LogP contribution < -0.4 is 5.32 Å². The molecule has 1 heterocycles. The zero-order valence-electron chi connectivity index (χ0n) is 8.97. The quantitative estimate of drug-likeness (QED) is 0.812. The molecule has 0 amide bonds. The Bertz CT molecular complexity index is 376. The lowest BCUT2D eigenvalue weighted by Crippen LogP contribution is -2.30. The van der Waals surface area contributed by atoms with E-state index in [9.17, 15) is 13.9 Å². The topological polar surface area (TPSA) is 32.3 Å². The normalized spacial score (nSPS) is 21.0. The largest absolute Gasteiger partial charge is 0.508 e. The molecule has 0 aromatic heterocycles. The summed E-state index contributed by atoms with van der Waals surface area (Å²) >= 11 is 0. The highest BCUT2D eigenvalue weighted by Crippen LogP contribution is 2.25. The van der Waals surface area contributed by atoms with E-state index < -0.39 is 11.6 Å². The fourth-order valence-corrected chi connectivity index (χ4v) is 2.15. The third-order valence-corrected chi connectivity index (χ3v) is 3.03. The van der Waals surface area contributed by atoms with Gasteiger partial charge in [-0.05, 0) is 49.9 Å². The maximum absolute atomic E-state index is 13.0. The number of rotatable bonds is 2. The molecule has 1 saturated heterocycles. The lowest BCUT2D eigenvalue weighted by atomic mass is 9.92. The van der Waals surface area contributed by atoms with Crippen molar-refractivity contribution < 1.29 is 13.9 Å². The molecule has 88 valence electrons. The van der Waals surface area contributed by atoms with E-state index in [1.807, 2.05) is 0 Å². The Hall–Kier alpha value is -1.16. The van der Waals surface area contributed by atoms with Crippen molar-refractivity contribution in [3.05, 3.63) is 29.3 Å². The van der Waals surface area contributed by atoms with Gasteiger partial charge in [0, 0.05) is 6.07 Å². The highest BCUT2D eigenvalue weighted by Gasteiger charge is 2.17. The number of hydrogen-bond donors (Lipinski definition) is 2. The van der Waals surface area contributed by atoms with E-state index in [0.29, 0.717) is 17.9 Å². The van der Waals surface area contributed by atoms with Crippen LogP contribution in [0, 0.1) is 17.6 Å². The van der Waals surface area contributed by atoms with Crippen LogP contribution in [0.4, 0.5) is 8.78 Å². The SMILES string of the molecule is Oc1cc(F)c(F)cc1CC1CCCNC1. The average Bonchev–Trinajstić information content (AvgIpc) is 2.27. The number of nitrogens with one attached hydrogen (secondary N) is 1. The maximum atomic E-state index is 13.0. The Morgan fingerprint density at radius 2 is 2.06 bits per heavy atom. The van der Waals surface area contributed by atoms with Crippen LogP contribution in [0.3, 0.4) is 0 Å². The molecule has 1 atom stereocenters. The molecule has 1 aromatic rings. The summed E-state index contributed by atoms with van der Waals surface area (Å²) in [5.74, 6) is -1.64. The maximum Gasteiger partial charge on any atom is 0.162 e. The molecule has 2 nitrogen and oxygen atoms in total. The third-order valence-electron chi connectivity index (χ3n) is 3.03. The van der Waals surface area contributed by atoms with Crippen molar-refractivity contribution in [1.82, 2.24) is 5.32 Å². The molecule has 1 fully saturated rings. The lowest BCUT2D eigenvalue weighted by Gasteiger charge is -2.23. The van der Waals surface area contributed by atoms with Crippen LogP contribution in [-0.2, 0) is 6.42 Å². The van der Waals surface area contributed by atoms with Crippen molar-refractivity contribution in [2.75, 3.05) is 13.1 Å². The second kappa shape index (κ2) is 4.78. The van der Waals surface area contributed by atoms with E-state index in [1.54, 1.807) is 0 Å². The van der Waals surface area contributed by atoms with Crippen LogP contribution in [0.5, 0.6) is 5.75 Å². The van der Waals surface area contributed by atoms with Crippen molar-refractivity contribution in [2.45, 2.75) is 19.3 Å². The van der Waals surface area contributed by atoms with E-state index in [4.69, 9.17) is 0 Å². The second-order valence-electron chi connectivity index (χ2n) is 4.31. The van der Waals surface area contributed by atoms with Gasteiger partial charge in [0.25, 0.3) is 0 Å². The molecule has 0 saturated carbocycles. The van der Waals surface area contributed by atoms with E-state index in [2.05, 4.69) is 5.32 Å². The number of aromatic hydroxyl groups is 1. The number of hydrogen-bond acceptors (Lipinski definition) is 2. The van der Waals surface area contributed by atoms with Crippen LogP contribution in [-0.4, -0.2) is 18.2 Å². The molecular weight excluding hydrogens is 212 g/mol. The number of piperidine rings is 1. The first kappa shape index (κ1) is 11.3. The van der Waals surface area contributed by atoms with Crippen molar-refractivity contribution >= 4 is 0 Å². The highest BCUT2D eigenvalue weighted by atomic mass is 19.2. The molecule has 0 spiro atoms. The summed E-state index contributed by atoms with van der Waals surface area (Å²) in [6.07, 6.45) is 2.75. The van der Waals surface area contributed by atoms with Crippen molar-refractivity contribution in [3.8, 4) is 5.75 Å². The minimum atomic E-state index is -0.997. The zero-order valence-corrected chi connectivity index (χ0v) is 8.97.